The second-order valence-electron chi connectivity index (χ2n) is 8.90. The molecular formula is C26H36N4O2. The number of hydrogen-bond acceptors (Lipinski definition) is 5. The molecule has 6 heteroatoms. The maximum absolute atomic E-state index is 12.9. The number of ether oxygens (including phenoxy) is 1. The van der Waals surface area contributed by atoms with E-state index >= 15 is 0 Å². The standard InChI is InChI=1S/C26H36N4O2/c1-21(26(31)27-23-10-12-24(13-11-23)29-14-6-3-7-15-29)28(2)20-22-8-4-5-9-25(22)30-16-18-32-19-17-30/h4-5,8-13,21H,3,6-7,14-20H2,1-2H3,(H,27,31). The number of para-hydroxylation sites is 1. The molecule has 0 spiro atoms. The lowest BCUT2D eigenvalue weighted by Gasteiger charge is -2.32. The molecule has 1 amide bonds. The Kier molecular flexibility index (Phi) is 7.66. The zero-order valence-electron chi connectivity index (χ0n) is 19.4. The van der Waals surface area contributed by atoms with Crippen molar-refractivity contribution >= 4 is 23.0 Å². The minimum absolute atomic E-state index is 0.0158. The van der Waals surface area contributed by atoms with Gasteiger partial charge in [-0.05, 0) is 69.1 Å². The van der Waals surface area contributed by atoms with Crippen molar-refractivity contribution < 1.29 is 9.53 Å². The van der Waals surface area contributed by atoms with Gasteiger partial charge in [-0.1, -0.05) is 18.2 Å². The van der Waals surface area contributed by atoms with Gasteiger partial charge in [0, 0.05) is 49.8 Å². The second-order valence-corrected chi connectivity index (χ2v) is 8.90. The lowest BCUT2D eigenvalue weighted by molar-refractivity contribution is -0.120. The number of amides is 1. The number of carbonyl (C=O) groups is 1. The van der Waals surface area contributed by atoms with E-state index in [0.29, 0.717) is 0 Å². The zero-order chi connectivity index (χ0) is 22.3. The first-order chi connectivity index (χ1) is 15.6. The van der Waals surface area contributed by atoms with Crippen molar-refractivity contribution in [2.75, 3.05) is 61.6 Å². The van der Waals surface area contributed by atoms with Crippen LogP contribution in [0.5, 0.6) is 0 Å². The number of benzene rings is 2. The van der Waals surface area contributed by atoms with Crippen LogP contribution in [0.2, 0.25) is 0 Å². The molecule has 2 aromatic carbocycles. The third-order valence-corrected chi connectivity index (χ3v) is 6.66. The van der Waals surface area contributed by atoms with Crippen molar-refractivity contribution in [3.8, 4) is 0 Å². The highest BCUT2D eigenvalue weighted by molar-refractivity contribution is 5.94. The van der Waals surface area contributed by atoms with Crippen LogP contribution >= 0.6 is 0 Å². The summed E-state index contributed by atoms with van der Waals surface area (Å²) in [7, 11) is 2.01. The fraction of sp³-hybridized carbons (Fsp3) is 0.500. The summed E-state index contributed by atoms with van der Waals surface area (Å²) >= 11 is 0. The van der Waals surface area contributed by atoms with Gasteiger partial charge in [0.05, 0.1) is 19.3 Å². The Labute approximate surface area is 192 Å². The number of carbonyl (C=O) groups excluding carboxylic acids is 1. The van der Waals surface area contributed by atoms with E-state index in [-0.39, 0.29) is 11.9 Å². The highest BCUT2D eigenvalue weighted by atomic mass is 16.5. The van der Waals surface area contributed by atoms with Crippen molar-refractivity contribution in [1.29, 1.82) is 0 Å². The van der Waals surface area contributed by atoms with E-state index in [1.165, 1.54) is 36.2 Å². The van der Waals surface area contributed by atoms with Crippen LogP contribution in [0, 0.1) is 0 Å². The molecular weight excluding hydrogens is 400 g/mol. The van der Waals surface area contributed by atoms with Crippen molar-refractivity contribution in [3.63, 3.8) is 0 Å². The molecule has 0 aromatic heterocycles. The lowest BCUT2D eigenvalue weighted by Crippen LogP contribution is -2.40. The number of likely N-dealkylation sites (N-methyl/N-ethyl adjacent to an activating group) is 1. The van der Waals surface area contributed by atoms with Crippen LogP contribution in [0.15, 0.2) is 48.5 Å². The average molecular weight is 437 g/mol. The summed E-state index contributed by atoms with van der Waals surface area (Å²) in [6, 6.07) is 16.5. The SMILES string of the molecule is CC(C(=O)Nc1ccc(N2CCCCC2)cc1)N(C)Cc1ccccc1N1CCOCC1. The summed E-state index contributed by atoms with van der Waals surface area (Å²) in [5.41, 5.74) is 4.57. The Morgan fingerprint density at radius 1 is 0.969 bits per heavy atom. The summed E-state index contributed by atoms with van der Waals surface area (Å²) in [6.07, 6.45) is 3.85. The second kappa shape index (κ2) is 10.8. The molecule has 0 aliphatic carbocycles. The molecule has 32 heavy (non-hydrogen) atoms. The molecule has 2 aliphatic rings. The molecule has 0 bridgehead atoms. The van der Waals surface area contributed by atoms with Gasteiger partial charge >= 0.3 is 0 Å². The van der Waals surface area contributed by atoms with Gasteiger partial charge in [-0.15, -0.1) is 0 Å². The quantitative estimate of drug-likeness (QED) is 0.712. The summed E-state index contributed by atoms with van der Waals surface area (Å²) < 4.78 is 5.50. The summed E-state index contributed by atoms with van der Waals surface area (Å²) in [5.74, 6) is 0.0158. The molecule has 1 atom stereocenters. The number of morpholine rings is 1. The Bertz CT molecular complexity index is 874. The van der Waals surface area contributed by atoms with E-state index in [2.05, 4.69) is 56.4 Å². The lowest BCUT2D eigenvalue weighted by atomic mass is 10.1. The fourth-order valence-electron chi connectivity index (χ4n) is 4.52. The van der Waals surface area contributed by atoms with E-state index in [9.17, 15) is 4.79 Å². The van der Waals surface area contributed by atoms with Crippen LogP contribution in [0.3, 0.4) is 0 Å². The van der Waals surface area contributed by atoms with Crippen molar-refractivity contribution in [2.24, 2.45) is 0 Å². The van der Waals surface area contributed by atoms with Crippen LogP contribution in [-0.2, 0) is 16.1 Å². The molecule has 2 aromatic rings. The van der Waals surface area contributed by atoms with Crippen molar-refractivity contribution in [3.05, 3.63) is 54.1 Å². The van der Waals surface area contributed by atoms with Gasteiger partial charge < -0.3 is 19.9 Å². The highest BCUT2D eigenvalue weighted by Crippen LogP contribution is 2.24. The van der Waals surface area contributed by atoms with Crippen LogP contribution in [0.4, 0.5) is 17.1 Å². The molecule has 1 N–H and O–H groups in total. The molecule has 172 valence electrons. The topological polar surface area (TPSA) is 48.1 Å². The van der Waals surface area contributed by atoms with Crippen LogP contribution in [0.1, 0.15) is 31.7 Å². The van der Waals surface area contributed by atoms with Crippen LogP contribution in [0.25, 0.3) is 0 Å². The molecule has 0 saturated carbocycles. The Morgan fingerprint density at radius 2 is 1.66 bits per heavy atom. The zero-order valence-corrected chi connectivity index (χ0v) is 19.4. The van der Waals surface area contributed by atoms with E-state index < -0.39 is 0 Å². The Hall–Kier alpha value is -2.57. The fourth-order valence-corrected chi connectivity index (χ4v) is 4.52. The Balaban J connectivity index is 1.35. The van der Waals surface area contributed by atoms with Gasteiger partial charge in [0.1, 0.15) is 0 Å². The number of hydrogen-bond donors (Lipinski definition) is 1. The van der Waals surface area contributed by atoms with E-state index in [4.69, 9.17) is 4.74 Å². The minimum atomic E-state index is -0.241. The number of anilines is 3. The molecule has 4 rings (SSSR count). The van der Waals surface area contributed by atoms with Gasteiger partial charge in [0.25, 0.3) is 0 Å². The summed E-state index contributed by atoms with van der Waals surface area (Å²) in [5, 5.41) is 3.09. The first-order valence-corrected chi connectivity index (χ1v) is 11.9. The summed E-state index contributed by atoms with van der Waals surface area (Å²) in [4.78, 5) is 19.8. The molecule has 0 radical (unpaired) electrons. The first kappa shape index (κ1) is 22.6. The van der Waals surface area contributed by atoms with Crippen molar-refractivity contribution in [2.45, 2.75) is 38.8 Å². The number of piperidine rings is 1. The molecule has 2 fully saturated rings. The molecule has 2 aliphatic heterocycles. The molecule has 2 saturated heterocycles. The Morgan fingerprint density at radius 3 is 2.38 bits per heavy atom. The van der Waals surface area contributed by atoms with E-state index in [1.807, 2.05) is 26.1 Å². The van der Waals surface area contributed by atoms with Crippen LogP contribution in [-0.4, -0.2) is 63.3 Å². The normalized spacial score (nSPS) is 18.0. The van der Waals surface area contributed by atoms with E-state index in [0.717, 1.165) is 51.6 Å². The van der Waals surface area contributed by atoms with E-state index in [1.54, 1.807) is 0 Å². The number of nitrogens with zero attached hydrogens (tertiary/aromatic N) is 3. The van der Waals surface area contributed by atoms with Gasteiger partial charge in [-0.25, -0.2) is 0 Å². The van der Waals surface area contributed by atoms with Gasteiger partial charge in [-0.2, -0.15) is 0 Å². The first-order valence-electron chi connectivity index (χ1n) is 11.9. The summed E-state index contributed by atoms with van der Waals surface area (Å²) in [6.45, 7) is 8.27. The predicted octanol–water partition coefficient (Wildman–Crippen LogP) is 3.97. The molecule has 1 unspecified atom stereocenters. The van der Waals surface area contributed by atoms with Gasteiger partial charge in [0.2, 0.25) is 5.91 Å². The van der Waals surface area contributed by atoms with Gasteiger partial charge in [0.15, 0.2) is 0 Å². The molecule has 6 nitrogen and oxygen atoms in total. The predicted molar refractivity (Wildman–Crippen MR) is 132 cm³/mol. The van der Waals surface area contributed by atoms with Gasteiger partial charge in [-0.3, -0.25) is 9.69 Å². The highest BCUT2D eigenvalue weighted by Gasteiger charge is 2.21. The maximum atomic E-state index is 12.9. The third-order valence-electron chi connectivity index (χ3n) is 6.66. The number of rotatable bonds is 7. The number of nitrogens with one attached hydrogen (secondary N) is 1. The van der Waals surface area contributed by atoms with Crippen molar-refractivity contribution in [1.82, 2.24) is 4.90 Å². The minimum Gasteiger partial charge on any atom is -0.378 e. The maximum Gasteiger partial charge on any atom is 0.241 e. The smallest absolute Gasteiger partial charge is 0.241 e. The monoisotopic (exact) mass is 436 g/mol. The largest absolute Gasteiger partial charge is 0.378 e. The van der Waals surface area contributed by atoms with Crippen LogP contribution < -0.4 is 15.1 Å². The average Bonchev–Trinajstić information content (AvgIpc) is 2.85. The third kappa shape index (κ3) is 5.61. The molecule has 2 heterocycles.